The molecule has 0 bridgehead atoms. The van der Waals surface area contributed by atoms with E-state index < -0.39 is 11.6 Å². The van der Waals surface area contributed by atoms with E-state index in [-0.39, 0.29) is 30.8 Å². The lowest BCUT2D eigenvalue weighted by Gasteiger charge is -2.30. The van der Waals surface area contributed by atoms with Gasteiger partial charge >= 0.3 is 0 Å². The highest BCUT2D eigenvalue weighted by Gasteiger charge is 2.20. The maximum Gasteiger partial charge on any atom is 0.226 e. The van der Waals surface area contributed by atoms with Crippen molar-refractivity contribution in [3.63, 3.8) is 0 Å². The summed E-state index contributed by atoms with van der Waals surface area (Å²) in [5.74, 6) is -1.87. The molecule has 1 aromatic carbocycles. The number of carbonyl (C=O) groups is 1. The van der Waals surface area contributed by atoms with Gasteiger partial charge in [0.25, 0.3) is 0 Å². The smallest absolute Gasteiger partial charge is 0.226 e. The van der Waals surface area contributed by atoms with Crippen LogP contribution in [-0.4, -0.2) is 29.9 Å². The number of hydrogen-bond acceptors (Lipinski definition) is 2. The summed E-state index contributed by atoms with van der Waals surface area (Å²) in [5, 5.41) is 0. The molecule has 0 atom stereocenters. The number of likely N-dealkylation sites (tertiary alicyclic amines) is 1. The standard InChI is InChI=1S/C13H16F2N2O.ClH/c14-11-2-1-9(7-12(11)15)8-13(18)17-5-3-10(16)4-6-17;/h1-2,7,10H,3-6,8,16H2;1H. The molecule has 1 aliphatic heterocycles. The summed E-state index contributed by atoms with van der Waals surface area (Å²) in [6, 6.07) is 3.72. The highest BCUT2D eigenvalue weighted by atomic mass is 35.5. The molecule has 0 aromatic heterocycles. The Bertz CT molecular complexity index is 448. The Morgan fingerprint density at radius 1 is 1.26 bits per heavy atom. The van der Waals surface area contributed by atoms with Crippen LogP contribution in [0.2, 0.25) is 0 Å². The third-order valence-electron chi connectivity index (χ3n) is 3.23. The number of carbonyl (C=O) groups excluding carboxylic acids is 1. The summed E-state index contributed by atoms with van der Waals surface area (Å²) in [6.07, 6.45) is 1.69. The molecule has 2 rings (SSSR count). The van der Waals surface area contributed by atoms with E-state index in [1.165, 1.54) is 6.07 Å². The molecule has 0 radical (unpaired) electrons. The Labute approximate surface area is 117 Å². The van der Waals surface area contributed by atoms with Gasteiger partial charge < -0.3 is 10.6 Å². The molecule has 0 spiro atoms. The number of nitrogens with zero attached hydrogens (tertiary/aromatic N) is 1. The van der Waals surface area contributed by atoms with E-state index >= 15 is 0 Å². The van der Waals surface area contributed by atoms with E-state index in [9.17, 15) is 13.6 Å². The van der Waals surface area contributed by atoms with Crippen molar-refractivity contribution in [1.29, 1.82) is 0 Å². The molecule has 19 heavy (non-hydrogen) atoms. The lowest BCUT2D eigenvalue weighted by Crippen LogP contribution is -2.43. The van der Waals surface area contributed by atoms with Crippen LogP contribution in [0.15, 0.2) is 18.2 Å². The molecule has 0 unspecified atom stereocenters. The zero-order chi connectivity index (χ0) is 13.1. The van der Waals surface area contributed by atoms with Crippen LogP contribution < -0.4 is 5.73 Å². The van der Waals surface area contributed by atoms with E-state index in [2.05, 4.69) is 0 Å². The number of rotatable bonds is 2. The summed E-state index contributed by atoms with van der Waals surface area (Å²) >= 11 is 0. The molecule has 1 fully saturated rings. The fraction of sp³-hybridized carbons (Fsp3) is 0.462. The van der Waals surface area contributed by atoms with E-state index in [0.717, 1.165) is 25.0 Å². The molecule has 106 valence electrons. The second kappa shape index (κ2) is 6.82. The maximum atomic E-state index is 13.0. The second-order valence-electron chi connectivity index (χ2n) is 4.64. The minimum absolute atomic E-state index is 0. The predicted molar refractivity (Wildman–Crippen MR) is 71.1 cm³/mol. The number of halogens is 3. The average molecular weight is 291 g/mol. The van der Waals surface area contributed by atoms with Gasteiger partial charge in [0.2, 0.25) is 5.91 Å². The molecule has 1 saturated heterocycles. The SMILES string of the molecule is Cl.NC1CCN(C(=O)Cc2ccc(F)c(F)c2)CC1. The molecular formula is C13H17ClF2N2O. The number of piperidine rings is 1. The van der Waals surface area contributed by atoms with Gasteiger partial charge in [-0.05, 0) is 30.5 Å². The fourth-order valence-corrected chi connectivity index (χ4v) is 2.08. The van der Waals surface area contributed by atoms with Gasteiger partial charge in [0, 0.05) is 19.1 Å². The largest absolute Gasteiger partial charge is 0.342 e. The summed E-state index contributed by atoms with van der Waals surface area (Å²) in [7, 11) is 0. The Morgan fingerprint density at radius 3 is 2.47 bits per heavy atom. The van der Waals surface area contributed by atoms with E-state index in [4.69, 9.17) is 5.73 Å². The third-order valence-corrected chi connectivity index (χ3v) is 3.23. The summed E-state index contributed by atoms with van der Waals surface area (Å²) in [6.45, 7) is 1.29. The number of amides is 1. The lowest BCUT2D eigenvalue weighted by molar-refractivity contribution is -0.131. The van der Waals surface area contributed by atoms with Crippen LogP contribution in [0.25, 0.3) is 0 Å². The zero-order valence-corrected chi connectivity index (χ0v) is 11.3. The highest BCUT2D eigenvalue weighted by molar-refractivity contribution is 5.85. The monoisotopic (exact) mass is 290 g/mol. The van der Waals surface area contributed by atoms with Gasteiger partial charge in [0.15, 0.2) is 11.6 Å². The van der Waals surface area contributed by atoms with Crippen LogP contribution in [0, 0.1) is 11.6 Å². The van der Waals surface area contributed by atoms with Gasteiger partial charge in [0.05, 0.1) is 6.42 Å². The molecular weight excluding hydrogens is 274 g/mol. The van der Waals surface area contributed by atoms with Gasteiger partial charge in [0.1, 0.15) is 0 Å². The first kappa shape index (κ1) is 15.9. The maximum absolute atomic E-state index is 13.0. The topological polar surface area (TPSA) is 46.3 Å². The van der Waals surface area contributed by atoms with E-state index in [1.807, 2.05) is 0 Å². The van der Waals surface area contributed by atoms with Crippen LogP contribution in [0.5, 0.6) is 0 Å². The van der Waals surface area contributed by atoms with Gasteiger partial charge in [-0.25, -0.2) is 8.78 Å². The molecule has 1 amide bonds. The fourth-order valence-electron chi connectivity index (χ4n) is 2.08. The molecule has 0 saturated carbocycles. The van der Waals surface area contributed by atoms with Gasteiger partial charge in [-0.2, -0.15) is 0 Å². The predicted octanol–water partition coefficient (Wildman–Crippen LogP) is 1.88. The van der Waals surface area contributed by atoms with Crippen molar-refractivity contribution >= 4 is 18.3 Å². The Balaban J connectivity index is 0.00000180. The number of benzene rings is 1. The quantitative estimate of drug-likeness (QED) is 0.904. The van der Waals surface area contributed by atoms with Crippen molar-refractivity contribution in [2.75, 3.05) is 13.1 Å². The molecule has 3 nitrogen and oxygen atoms in total. The molecule has 0 aliphatic carbocycles. The van der Waals surface area contributed by atoms with Crippen molar-refractivity contribution in [2.24, 2.45) is 5.73 Å². The zero-order valence-electron chi connectivity index (χ0n) is 10.4. The molecule has 1 aromatic rings. The summed E-state index contributed by atoms with van der Waals surface area (Å²) < 4.78 is 25.8. The number of nitrogens with two attached hydrogens (primary N) is 1. The van der Waals surface area contributed by atoms with Crippen molar-refractivity contribution in [3.05, 3.63) is 35.4 Å². The van der Waals surface area contributed by atoms with Crippen LogP contribution in [0.1, 0.15) is 18.4 Å². The molecule has 1 aliphatic rings. The number of hydrogen-bond donors (Lipinski definition) is 1. The molecule has 1 heterocycles. The summed E-state index contributed by atoms with van der Waals surface area (Å²) in [5.41, 5.74) is 6.25. The van der Waals surface area contributed by atoms with Crippen molar-refractivity contribution in [2.45, 2.75) is 25.3 Å². The van der Waals surface area contributed by atoms with Crippen molar-refractivity contribution in [1.82, 2.24) is 4.90 Å². The Hall–Kier alpha value is -1.20. The first-order valence-electron chi connectivity index (χ1n) is 6.03. The van der Waals surface area contributed by atoms with E-state index in [1.54, 1.807) is 4.90 Å². The van der Waals surface area contributed by atoms with Gasteiger partial charge in [-0.1, -0.05) is 6.07 Å². The minimum Gasteiger partial charge on any atom is -0.342 e. The minimum atomic E-state index is -0.916. The van der Waals surface area contributed by atoms with Crippen LogP contribution in [0.4, 0.5) is 8.78 Å². The molecule has 2 N–H and O–H groups in total. The van der Waals surface area contributed by atoms with Crippen LogP contribution in [0.3, 0.4) is 0 Å². The second-order valence-corrected chi connectivity index (χ2v) is 4.64. The van der Waals surface area contributed by atoms with Crippen LogP contribution in [-0.2, 0) is 11.2 Å². The third kappa shape index (κ3) is 4.14. The Kier molecular flexibility index (Phi) is 5.69. The highest BCUT2D eigenvalue weighted by Crippen LogP contribution is 2.13. The van der Waals surface area contributed by atoms with E-state index in [0.29, 0.717) is 18.7 Å². The van der Waals surface area contributed by atoms with Crippen molar-refractivity contribution in [3.8, 4) is 0 Å². The Morgan fingerprint density at radius 2 is 1.89 bits per heavy atom. The first-order chi connectivity index (χ1) is 8.56. The lowest BCUT2D eigenvalue weighted by atomic mass is 10.0. The summed E-state index contributed by atoms with van der Waals surface area (Å²) in [4.78, 5) is 13.7. The average Bonchev–Trinajstić information content (AvgIpc) is 2.34. The first-order valence-corrected chi connectivity index (χ1v) is 6.03. The normalized spacial score (nSPS) is 16.1. The van der Waals surface area contributed by atoms with Crippen molar-refractivity contribution < 1.29 is 13.6 Å². The molecule has 6 heteroatoms. The van der Waals surface area contributed by atoms with Gasteiger partial charge in [-0.3, -0.25) is 4.79 Å². The van der Waals surface area contributed by atoms with Crippen LogP contribution >= 0.6 is 12.4 Å². The van der Waals surface area contributed by atoms with Gasteiger partial charge in [-0.15, -0.1) is 12.4 Å².